The van der Waals surface area contributed by atoms with E-state index in [9.17, 15) is 83.4 Å². The summed E-state index contributed by atoms with van der Waals surface area (Å²) in [4.78, 5) is 176. The second kappa shape index (κ2) is 43.3. The van der Waals surface area contributed by atoms with Gasteiger partial charge < -0.3 is 83.6 Å². The van der Waals surface area contributed by atoms with Crippen LogP contribution in [0.5, 0.6) is 0 Å². The van der Waals surface area contributed by atoms with Crippen molar-refractivity contribution in [2.75, 3.05) is 136 Å². The fourth-order valence-corrected chi connectivity index (χ4v) is 14.0. The predicted molar refractivity (Wildman–Crippen MR) is 372 cm³/mol. The lowest BCUT2D eigenvalue weighted by molar-refractivity contribution is -0.142. The number of aliphatic carboxylic acids is 3. The minimum absolute atomic E-state index is 0.000581. The van der Waals surface area contributed by atoms with Crippen LogP contribution in [-0.4, -0.2) is 331 Å². The number of nitrogens with one attached hydrogen (secondary N) is 7. The van der Waals surface area contributed by atoms with Gasteiger partial charge in [0.25, 0.3) is 0 Å². The number of aliphatic hydroxyl groups is 4. The van der Waals surface area contributed by atoms with Crippen LogP contribution >= 0.6 is 23.5 Å². The van der Waals surface area contributed by atoms with Gasteiger partial charge in [-0.3, -0.25) is 87.0 Å². The molecule has 3 fully saturated rings. The third-order valence-corrected chi connectivity index (χ3v) is 20.5. The van der Waals surface area contributed by atoms with Gasteiger partial charge in [-0.15, -0.1) is 0 Å². The molecule has 4 aliphatic heterocycles. The molecule has 36 heteroatoms. The average molecular weight is 1470 g/mol. The van der Waals surface area contributed by atoms with Gasteiger partial charge in [-0.2, -0.15) is 23.5 Å². The van der Waals surface area contributed by atoms with Crippen LogP contribution in [0.3, 0.4) is 0 Å². The maximum absolute atomic E-state index is 15.1. The van der Waals surface area contributed by atoms with Gasteiger partial charge in [0, 0.05) is 127 Å². The number of amides is 9. The number of piperidine rings is 2. The number of nitrogens with zero attached hydrogens (tertiary/aromatic N) is 7. The number of carbonyl (C=O) groups excluding carboxylic acids is 9. The molecule has 5 rings (SSSR count). The van der Waals surface area contributed by atoms with Gasteiger partial charge in [-0.25, -0.2) is 0 Å². The molecule has 1 aromatic heterocycles. The lowest BCUT2D eigenvalue weighted by Gasteiger charge is -2.42. The number of aromatic nitrogens is 1. The van der Waals surface area contributed by atoms with Gasteiger partial charge in [0.15, 0.2) is 0 Å². The number of carboxylic acid groups (broad SMARTS) is 3. The normalized spacial score (nSPS) is 22.5. The van der Waals surface area contributed by atoms with Gasteiger partial charge in [0.1, 0.15) is 41.9 Å². The molecule has 16 N–H and O–H groups in total. The summed E-state index contributed by atoms with van der Waals surface area (Å²) in [6.07, 6.45) is -3.93. The fraction of sp³-hybridized carbons (Fsp3) is 0.738. The lowest BCUT2D eigenvalue weighted by Crippen LogP contribution is -2.66. The largest absolute Gasteiger partial charge is 0.480 e. The molecule has 1 spiro atoms. The molecule has 0 saturated carbocycles. The fourth-order valence-electron chi connectivity index (χ4n) is 12.2. The highest BCUT2D eigenvalue weighted by Crippen LogP contribution is 2.26. The van der Waals surface area contributed by atoms with Gasteiger partial charge >= 0.3 is 17.9 Å². The molecule has 1 unspecified atom stereocenters. The van der Waals surface area contributed by atoms with Crippen molar-refractivity contribution < 1.29 is 93.3 Å². The number of hydrogen-bond donors (Lipinski definition) is 15. The maximum atomic E-state index is 15.1. The van der Waals surface area contributed by atoms with Crippen LogP contribution in [0, 0.1) is 11.8 Å². The number of thioether (sulfide) groups is 2. The molecule has 9 amide bonds. The molecule has 0 aromatic carbocycles. The van der Waals surface area contributed by atoms with Crippen LogP contribution in [-0.2, 0) is 69.0 Å². The Morgan fingerprint density at radius 2 is 1.23 bits per heavy atom. The highest BCUT2D eigenvalue weighted by molar-refractivity contribution is 7.98. The summed E-state index contributed by atoms with van der Waals surface area (Å²) in [5.41, 5.74) is 5.38. The molecule has 3 saturated heterocycles. The van der Waals surface area contributed by atoms with Crippen LogP contribution in [0.2, 0.25) is 0 Å². The van der Waals surface area contributed by atoms with Crippen LogP contribution in [0.1, 0.15) is 103 Å². The van der Waals surface area contributed by atoms with Crippen molar-refractivity contribution in [3.8, 4) is 0 Å². The van der Waals surface area contributed by atoms with Crippen LogP contribution < -0.4 is 43.0 Å². The second-order valence-corrected chi connectivity index (χ2v) is 29.0. The SMILES string of the molecule is CC[C@H](C)[C@@H]1NC(=O)[C@H](CC(C)C)NC(=O)C2(CCN(C(=O)CN3CCN(CC(=O)O)CCN(CC(=O)O)CCN(CC(=O)O)CC3)CC2)NC(=O)CCSCc2cccc(n2)CSC[C@@H](C(=O)NC2CCN(CC(=O)NC(CCC(=O)NCC[C@@H](O)[C@H](O)[C@H](O)CO)C(N)=O)CC2)NC1=O. The van der Waals surface area contributed by atoms with Crippen molar-refractivity contribution >= 4 is 94.6 Å². The number of rotatable bonds is 27. The van der Waals surface area contributed by atoms with Crippen LogP contribution in [0.25, 0.3) is 0 Å². The Labute approximate surface area is 597 Å². The van der Waals surface area contributed by atoms with E-state index >= 15 is 4.79 Å². The van der Waals surface area contributed by atoms with E-state index in [-0.39, 0.29) is 173 Å². The highest BCUT2D eigenvalue weighted by atomic mass is 32.2. The molecule has 2 bridgehead atoms. The number of hydrogen-bond acceptors (Lipinski definition) is 24. The lowest BCUT2D eigenvalue weighted by atomic mass is 9.85. The zero-order chi connectivity index (χ0) is 74.3. The van der Waals surface area contributed by atoms with E-state index in [2.05, 4.69) is 37.2 Å². The third kappa shape index (κ3) is 30.2. The number of pyridine rings is 1. The predicted octanol–water partition coefficient (Wildman–Crippen LogP) is -4.64. The van der Waals surface area contributed by atoms with E-state index in [4.69, 9.17) is 15.8 Å². The van der Waals surface area contributed by atoms with E-state index in [0.717, 1.165) is 5.69 Å². The first-order valence-corrected chi connectivity index (χ1v) is 37.0. The molecular formula is C65H107N15O19S2. The standard InChI is InChI=1S/C65H107N15O19S2/c1-5-42(4)58-63(98)71-48(62(97)69-43-12-18-75(19-13-43)32-53(86)70-46(60(66)95)9-10-51(84)67-17-11-49(82)59(94)50(83)37-81)40-101-39-45-8-6-7-44(68-45)38-100-30-14-52(85)74-65(64(99)72-47(31-41(2)3)61(96)73-58)15-20-80(21-16-65)54(87)33-76-22-24-77(34-55(88)89)26-28-79(36-57(92)93)29-27-78(25-23-76)35-56(90)91/h6-8,41-43,46-50,58-59,81-83,94H,5,9-40H2,1-4H3,(H2,66,95)(H,67,84)(H,69,97)(H,70,86)(H,71,98)(H,72,99)(H,73,96)(H,74,85)(H,88,89)(H,90,91)(H,92,93)/t42-,46?,47-,48-,49+,50+,58-,59-/m0/s1. The zero-order valence-corrected chi connectivity index (χ0v) is 60.0. The molecule has 5 heterocycles. The summed E-state index contributed by atoms with van der Waals surface area (Å²) in [5, 5.41) is 87.4. The van der Waals surface area contributed by atoms with Crippen LogP contribution in [0.15, 0.2) is 18.2 Å². The average Bonchev–Trinajstić information content (AvgIpc) is 0.792. The number of carbonyl (C=O) groups is 12. The van der Waals surface area contributed by atoms with E-state index in [0.29, 0.717) is 55.3 Å². The Hall–Kier alpha value is -6.87. The summed E-state index contributed by atoms with van der Waals surface area (Å²) >= 11 is 2.81. The first-order chi connectivity index (χ1) is 48.0. The topological polar surface area (TPSA) is 489 Å². The van der Waals surface area contributed by atoms with Crippen molar-refractivity contribution in [2.24, 2.45) is 17.6 Å². The number of fused-ring (bicyclic) bond motifs is 2. The quantitative estimate of drug-likeness (QED) is 0.0394. The van der Waals surface area contributed by atoms with E-state index in [1.807, 2.05) is 43.9 Å². The molecular weight excluding hydrogens is 1360 g/mol. The molecule has 8 atom stereocenters. The molecule has 568 valence electrons. The molecule has 0 aliphatic carbocycles. The van der Waals surface area contributed by atoms with Crippen molar-refractivity contribution in [2.45, 2.75) is 157 Å². The van der Waals surface area contributed by atoms with E-state index in [1.165, 1.54) is 23.5 Å². The molecule has 0 radical (unpaired) electrons. The molecule has 34 nitrogen and oxygen atoms in total. The smallest absolute Gasteiger partial charge is 0.317 e. The summed E-state index contributed by atoms with van der Waals surface area (Å²) in [6, 6.07) is 0.404. The van der Waals surface area contributed by atoms with Gasteiger partial charge in [-0.05, 0) is 68.9 Å². The van der Waals surface area contributed by atoms with Gasteiger partial charge in [0.2, 0.25) is 53.2 Å². The number of aliphatic hydroxyl groups excluding tert-OH is 4. The Balaban J connectivity index is 1.29. The summed E-state index contributed by atoms with van der Waals surface area (Å²) in [6.45, 7) is 7.37. The van der Waals surface area contributed by atoms with Gasteiger partial charge in [-0.1, -0.05) is 40.2 Å². The van der Waals surface area contributed by atoms with Crippen molar-refractivity contribution in [3.05, 3.63) is 29.6 Å². The molecule has 101 heavy (non-hydrogen) atoms. The Kier molecular flexibility index (Phi) is 36.3. The van der Waals surface area contributed by atoms with Crippen LogP contribution in [0.4, 0.5) is 0 Å². The summed E-state index contributed by atoms with van der Waals surface area (Å²) < 4.78 is 0. The third-order valence-electron chi connectivity index (χ3n) is 18.4. The second-order valence-electron chi connectivity index (χ2n) is 26.9. The Morgan fingerprint density at radius 1 is 0.683 bits per heavy atom. The Bertz CT molecular complexity index is 2900. The number of nitrogens with two attached hydrogens (primary N) is 1. The highest BCUT2D eigenvalue weighted by Gasteiger charge is 2.46. The van der Waals surface area contributed by atoms with Gasteiger partial charge in [0.05, 0.1) is 56.8 Å². The van der Waals surface area contributed by atoms with Crippen molar-refractivity contribution in [3.63, 3.8) is 0 Å². The first-order valence-electron chi connectivity index (χ1n) is 34.6. The minimum atomic E-state index is -1.63. The minimum Gasteiger partial charge on any atom is -0.480 e. The Morgan fingerprint density at radius 3 is 1.75 bits per heavy atom. The number of carboxylic acids is 3. The van der Waals surface area contributed by atoms with Crippen molar-refractivity contribution in [1.82, 2.24) is 71.6 Å². The number of primary amides is 1. The first kappa shape index (κ1) is 84.8. The summed E-state index contributed by atoms with van der Waals surface area (Å²) in [7, 11) is 0. The zero-order valence-electron chi connectivity index (χ0n) is 58.4. The monoisotopic (exact) mass is 1470 g/mol. The molecule has 4 aliphatic rings. The van der Waals surface area contributed by atoms with E-state index < -0.39 is 126 Å². The van der Waals surface area contributed by atoms with E-state index in [1.54, 1.807) is 31.4 Å². The summed E-state index contributed by atoms with van der Waals surface area (Å²) in [5.74, 6) is -7.97. The van der Waals surface area contributed by atoms with Crippen molar-refractivity contribution in [1.29, 1.82) is 0 Å². The number of likely N-dealkylation sites (tertiary alicyclic amines) is 2. The molecule has 1 aromatic rings. The maximum Gasteiger partial charge on any atom is 0.317 e.